The Balaban J connectivity index is 1.91. The second kappa shape index (κ2) is 8.09. The first kappa shape index (κ1) is 21.0. The highest BCUT2D eigenvalue weighted by atomic mass is 79.9. The first-order valence-corrected chi connectivity index (χ1v) is 11.6. The first-order chi connectivity index (χ1) is 13.9. The van der Waals surface area contributed by atoms with Crippen LogP contribution in [0.25, 0.3) is 10.8 Å². The van der Waals surface area contributed by atoms with Crippen LogP contribution in [0.4, 0.5) is 0 Å². The van der Waals surface area contributed by atoms with Gasteiger partial charge in [-0.1, -0.05) is 36.7 Å². The van der Waals surface area contributed by atoms with E-state index >= 15 is 0 Å². The molecular weight excluding hydrogens is 432 g/mol. The summed E-state index contributed by atoms with van der Waals surface area (Å²) in [7, 11) is 0. The molecule has 4 nitrogen and oxygen atoms in total. The van der Waals surface area contributed by atoms with Crippen molar-refractivity contribution in [3.8, 4) is 11.5 Å². The van der Waals surface area contributed by atoms with Gasteiger partial charge in [-0.2, -0.15) is 0 Å². The van der Waals surface area contributed by atoms with E-state index in [0.29, 0.717) is 32.0 Å². The Morgan fingerprint density at radius 2 is 1.72 bits per heavy atom. The van der Waals surface area contributed by atoms with Gasteiger partial charge in [-0.25, -0.2) is 0 Å². The van der Waals surface area contributed by atoms with E-state index in [1.54, 1.807) is 0 Å². The van der Waals surface area contributed by atoms with Crippen molar-refractivity contribution in [3.05, 3.63) is 33.8 Å². The highest BCUT2D eigenvalue weighted by Gasteiger charge is 2.50. The molecular formula is C24H31BrO4. The third-order valence-corrected chi connectivity index (χ3v) is 7.24. The number of hydrogen-bond donors (Lipinski definition) is 2. The van der Waals surface area contributed by atoms with Gasteiger partial charge in [0.2, 0.25) is 0 Å². The summed E-state index contributed by atoms with van der Waals surface area (Å²) in [6.45, 7) is 6.85. The Bertz CT molecular complexity index is 912. The quantitative estimate of drug-likeness (QED) is 0.548. The van der Waals surface area contributed by atoms with Crippen molar-refractivity contribution in [1.29, 1.82) is 0 Å². The van der Waals surface area contributed by atoms with Gasteiger partial charge < -0.3 is 19.7 Å². The van der Waals surface area contributed by atoms with Crippen LogP contribution in [-0.2, 0) is 5.41 Å². The molecule has 0 aliphatic heterocycles. The molecule has 4 unspecified atom stereocenters. The number of hydrogen-bond acceptors (Lipinski definition) is 4. The zero-order valence-electron chi connectivity index (χ0n) is 17.5. The highest BCUT2D eigenvalue weighted by Crippen LogP contribution is 2.64. The second-order valence-corrected chi connectivity index (χ2v) is 9.80. The largest absolute Gasteiger partial charge is 0.490 e. The predicted octanol–water partition coefficient (Wildman–Crippen LogP) is 5.44. The van der Waals surface area contributed by atoms with Crippen LogP contribution < -0.4 is 9.47 Å². The van der Waals surface area contributed by atoms with Crippen LogP contribution in [0.15, 0.2) is 22.7 Å². The molecule has 2 N–H and O–H groups in total. The number of benzene rings is 2. The van der Waals surface area contributed by atoms with Gasteiger partial charge in [-0.15, -0.1) is 0 Å². The highest BCUT2D eigenvalue weighted by molar-refractivity contribution is 9.10. The number of fused-ring (bicyclic) bond motifs is 6. The van der Waals surface area contributed by atoms with Crippen molar-refractivity contribution in [2.45, 2.75) is 76.4 Å². The predicted molar refractivity (Wildman–Crippen MR) is 119 cm³/mol. The van der Waals surface area contributed by atoms with Crippen LogP contribution in [-0.4, -0.2) is 35.6 Å². The van der Waals surface area contributed by atoms with Crippen LogP contribution in [0.3, 0.4) is 0 Å². The van der Waals surface area contributed by atoms with Gasteiger partial charge >= 0.3 is 0 Å². The third-order valence-electron chi connectivity index (χ3n) is 6.75. The summed E-state index contributed by atoms with van der Waals surface area (Å²) in [4.78, 5) is 0. The Morgan fingerprint density at radius 1 is 1.07 bits per heavy atom. The lowest BCUT2D eigenvalue weighted by atomic mass is 9.78. The second-order valence-electron chi connectivity index (χ2n) is 8.88. The molecule has 0 spiro atoms. The van der Waals surface area contributed by atoms with E-state index in [1.807, 2.05) is 19.9 Å². The zero-order chi connectivity index (χ0) is 20.8. The normalized spacial score (nSPS) is 24.6. The van der Waals surface area contributed by atoms with E-state index in [1.165, 1.54) is 11.1 Å². The fraction of sp³-hybridized carbons (Fsp3) is 0.583. The minimum absolute atomic E-state index is 0.0786. The Labute approximate surface area is 181 Å². The van der Waals surface area contributed by atoms with Crippen LogP contribution in [0, 0.1) is 0 Å². The van der Waals surface area contributed by atoms with E-state index in [-0.39, 0.29) is 5.41 Å². The molecule has 5 heteroatoms. The number of ether oxygens (including phenoxy) is 2. The Kier molecular flexibility index (Phi) is 5.84. The van der Waals surface area contributed by atoms with Crippen molar-refractivity contribution >= 4 is 26.7 Å². The van der Waals surface area contributed by atoms with Crippen LogP contribution in [0.2, 0.25) is 0 Å². The van der Waals surface area contributed by atoms with E-state index in [4.69, 9.17) is 9.47 Å². The Hall–Kier alpha value is -1.30. The molecule has 0 heterocycles. The van der Waals surface area contributed by atoms with Crippen LogP contribution >= 0.6 is 15.9 Å². The van der Waals surface area contributed by atoms with Gasteiger partial charge in [0.1, 0.15) is 24.7 Å². The van der Waals surface area contributed by atoms with Gasteiger partial charge in [-0.3, -0.25) is 0 Å². The van der Waals surface area contributed by atoms with Crippen LogP contribution in [0.1, 0.15) is 69.9 Å². The third kappa shape index (κ3) is 3.66. The van der Waals surface area contributed by atoms with Gasteiger partial charge in [0.05, 0.1) is 12.2 Å². The van der Waals surface area contributed by atoms with Crippen LogP contribution in [0.5, 0.6) is 11.5 Å². The minimum atomic E-state index is -0.474. The monoisotopic (exact) mass is 462 g/mol. The van der Waals surface area contributed by atoms with Crippen molar-refractivity contribution in [2.24, 2.45) is 0 Å². The first-order valence-electron chi connectivity index (χ1n) is 10.8. The van der Waals surface area contributed by atoms with E-state index in [9.17, 15) is 10.2 Å². The van der Waals surface area contributed by atoms with E-state index < -0.39 is 12.2 Å². The maximum absolute atomic E-state index is 10.1. The maximum Gasteiger partial charge on any atom is 0.131 e. The van der Waals surface area contributed by atoms with Crippen molar-refractivity contribution in [2.75, 3.05) is 13.2 Å². The molecule has 1 fully saturated rings. The Morgan fingerprint density at radius 3 is 2.38 bits per heavy atom. The lowest BCUT2D eigenvalue weighted by Crippen LogP contribution is -2.22. The summed E-state index contributed by atoms with van der Waals surface area (Å²) >= 11 is 3.60. The number of aliphatic hydroxyl groups excluding tert-OH is 2. The van der Waals surface area contributed by atoms with Crippen molar-refractivity contribution in [3.63, 3.8) is 0 Å². The molecule has 2 aromatic rings. The molecule has 2 aliphatic carbocycles. The molecule has 0 radical (unpaired) electrons. The average Bonchev–Trinajstić information content (AvgIpc) is 3.24. The number of rotatable bonds is 8. The summed E-state index contributed by atoms with van der Waals surface area (Å²) in [5.41, 5.74) is 2.59. The molecule has 4 atom stereocenters. The summed E-state index contributed by atoms with van der Waals surface area (Å²) < 4.78 is 13.6. The zero-order valence-corrected chi connectivity index (χ0v) is 19.1. The van der Waals surface area contributed by atoms with E-state index in [2.05, 4.69) is 35.0 Å². The van der Waals surface area contributed by atoms with Gasteiger partial charge in [0, 0.05) is 26.4 Å². The topological polar surface area (TPSA) is 58.9 Å². The molecule has 2 bridgehead atoms. The molecule has 2 aliphatic rings. The summed E-state index contributed by atoms with van der Waals surface area (Å²) in [6.07, 6.45) is 3.81. The van der Waals surface area contributed by atoms with Crippen molar-refractivity contribution < 1.29 is 19.7 Å². The molecule has 29 heavy (non-hydrogen) atoms. The molecule has 2 aromatic carbocycles. The van der Waals surface area contributed by atoms with Gasteiger partial charge in [-0.05, 0) is 61.6 Å². The van der Waals surface area contributed by atoms with E-state index in [0.717, 1.165) is 46.0 Å². The maximum atomic E-state index is 10.1. The standard InChI is InChI=1S/C24H31BrO4/c1-4-16(26)12-28-22-19-10-15(25)6-7-18(19)23(29-13-17(27)5-2)21-20(22)14-8-9-24(21,3)11-14/h6-7,10,14,16-17,26-27H,4-5,8-9,11-13H2,1-3H3. The lowest BCUT2D eigenvalue weighted by Gasteiger charge is -2.30. The fourth-order valence-electron chi connectivity index (χ4n) is 5.02. The molecule has 1 saturated carbocycles. The minimum Gasteiger partial charge on any atom is -0.490 e. The average molecular weight is 463 g/mol. The molecule has 158 valence electrons. The SMILES string of the molecule is CCC(O)COc1c2c(c(OCC(O)CC)c3ccc(Br)cc13)C1(C)CCC2C1. The van der Waals surface area contributed by atoms with Gasteiger partial charge in [0.25, 0.3) is 0 Å². The number of halogens is 1. The summed E-state index contributed by atoms with van der Waals surface area (Å²) in [6, 6.07) is 6.19. The summed E-state index contributed by atoms with van der Waals surface area (Å²) in [5, 5.41) is 22.3. The summed E-state index contributed by atoms with van der Waals surface area (Å²) in [5.74, 6) is 2.27. The number of aliphatic hydroxyl groups is 2. The molecule has 0 aromatic heterocycles. The van der Waals surface area contributed by atoms with Gasteiger partial charge in [0.15, 0.2) is 0 Å². The fourth-order valence-corrected chi connectivity index (χ4v) is 5.38. The van der Waals surface area contributed by atoms with Crippen molar-refractivity contribution in [1.82, 2.24) is 0 Å². The molecule has 0 saturated heterocycles. The smallest absolute Gasteiger partial charge is 0.131 e. The molecule has 4 rings (SSSR count). The lowest BCUT2D eigenvalue weighted by molar-refractivity contribution is 0.102. The molecule has 0 amide bonds.